The second kappa shape index (κ2) is 5.56. The van der Waals surface area contributed by atoms with Crippen LogP contribution in [0.2, 0.25) is 0 Å². The van der Waals surface area contributed by atoms with Gasteiger partial charge in [0.25, 0.3) is 0 Å². The van der Waals surface area contributed by atoms with Crippen LogP contribution in [0.1, 0.15) is 5.56 Å². The SMILES string of the molecule is Cc1cc2c(cc1S(=O)(=O)N1C[C@H]3CNC[C@H]3C1)OCO2.Cl. The fourth-order valence-electron chi connectivity index (χ4n) is 3.45. The van der Waals surface area contributed by atoms with Crippen molar-refractivity contribution in [2.45, 2.75) is 11.8 Å². The number of nitrogens with one attached hydrogen (secondary N) is 1. The molecule has 2 saturated heterocycles. The molecule has 4 rings (SSSR count). The first-order valence-corrected chi connectivity index (χ1v) is 8.61. The maximum Gasteiger partial charge on any atom is 0.243 e. The molecule has 122 valence electrons. The first kappa shape index (κ1) is 15.9. The van der Waals surface area contributed by atoms with Crippen molar-refractivity contribution in [1.82, 2.24) is 9.62 Å². The summed E-state index contributed by atoms with van der Waals surface area (Å²) in [5.74, 6) is 2.01. The highest BCUT2D eigenvalue weighted by Gasteiger charge is 2.42. The number of ether oxygens (including phenoxy) is 2. The van der Waals surface area contributed by atoms with Crippen LogP contribution in [-0.2, 0) is 10.0 Å². The van der Waals surface area contributed by atoms with E-state index in [0.717, 1.165) is 13.1 Å². The van der Waals surface area contributed by atoms with E-state index in [9.17, 15) is 8.42 Å². The summed E-state index contributed by atoms with van der Waals surface area (Å²) in [5, 5.41) is 3.32. The number of benzene rings is 1. The molecule has 0 spiro atoms. The molecule has 6 nitrogen and oxygen atoms in total. The molecule has 2 atom stereocenters. The third kappa shape index (κ3) is 2.36. The maximum atomic E-state index is 12.9. The predicted molar refractivity (Wildman–Crippen MR) is 83.2 cm³/mol. The summed E-state index contributed by atoms with van der Waals surface area (Å²) < 4.78 is 38.0. The Hall–Kier alpha value is -1.02. The number of halogens is 1. The van der Waals surface area contributed by atoms with E-state index >= 15 is 0 Å². The lowest BCUT2D eigenvalue weighted by molar-refractivity contribution is 0.174. The molecule has 22 heavy (non-hydrogen) atoms. The van der Waals surface area contributed by atoms with Gasteiger partial charge in [-0.3, -0.25) is 0 Å². The molecular weight excluding hydrogens is 328 g/mol. The van der Waals surface area contributed by atoms with E-state index in [-0.39, 0.29) is 19.2 Å². The van der Waals surface area contributed by atoms with Crippen LogP contribution in [-0.4, -0.2) is 45.7 Å². The van der Waals surface area contributed by atoms with E-state index in [1.54, 1.807) is 23.4 Å². The molecule has 0 aliphatic carbocycles. The van der Waals surface area contributed by atoms with E-state index in [4.69, 9.17) is 9.47 Å². The van der Waals surface area contributed by atoms with Crippen LogP contribution in [0.15, 0.2) is 17.0 Å². The first-order valence-electron chi connectivity index (χ1n) is 7.17. The Morgan fingerprint density at radius 3 is 2.36 bits per heavy atom. The number of hydrogen-bond acceptors (Lipinski definition) is 5. The van der Waals surface area contributed by atoms with Gasteiger partial charge in [-0.05, 0) is 43.5 Å². The van der Waals surface area contributed by atoms with Crippen molar-refractivity contribution in [1.29, 1.82) is 0 Å². The zero-order valence-corrected chi connectivity index (χ0v) is 13.9. The number of sulfonamides is 1. The summed E-state index contributed by atoms with van der Waals surface area (Å²) in [7, 11) is -3.46. The van der Waals surface area contributed by atoms with Gasteiger partial charge in [0.1, 0.15) is 0 Å². The quantitative estimate of drug-likeness (QED) is 0.864. The van der Waals surface area contributed by atoms with Crippen LogP contribution in [0, 0.1) is 18.8 Å². The molecule has 3 heterocycles. The topological polar surface area (TPSA) is 67.9 Å². The Balaban J connectivity index is 0.00000144. The lowest BCUT2D eigenvalue weighted by Gasteiger charge is -2.19. The van der Waals surface area contributed by atoms with Crippen LogP contribution < -0.4 is 14.8 Å². The predicted octanol–water partition coefficient (Wildman–Crippen LogP) is 0.985. The van der Waals surface area contributed by atoms with Gasteiger partial charge in [-0.15, -0.1) is 12.4 Å². The summed E-state index contributed by atoms with van der Waals surface area (Å²) in [6.45, 7) is 4.99. The maximum absolute atomic E-state index is 12.9. The third-order valence-electron chi connectivity index (χ3n) is 4.64. The number of fused-ring (bicyclic) bond motifs is 2. The summed E-state index contributed by atoms with van der Waals surface area (Å²) in [6.07, 6.45) is 0. The third-order valence-corrected chi connectivity index (χ3v) is 6.62. The molecule has 0 aromatic heterocycles. The van der Waals surface area contributed by atoms with Gasteiger partial charge in [-0.25, -0.2) is 8.42 Å². The Labute approximate surface area is 136 Å². The highest BCUT2D eigenvalue weighted by molar-refractivity contribution is 7.89. The van der Waals surface area contributed by atoms with E-state index in [1.165, 1.54) is 0 Å². The zero-order valence-electron chi connectivity index (χ0n) is 12.2. The number of hydrogen-bond donors (Lipinski definition) is 1. The molecule has 0 radical (unpaired) electrons. The highest BCUT2D eigenvalue weighted by Crippen LogP contribution is 2.38. The van der Waals surface area contributed by atoms with Gasteiger partial charge in [-0.1, -0.05) is 0 Å². The summed E-state index contributed by atoms with van der Waals surface area (Å²) in [5.41, 5.74) is 0.703. The van der Waals surface area contributed by atoms with Gasteiger partial charge in [0.15, 0.2) is 11.5 Å². The second-order valence-corrected chi connectivity index (χ2v) is 7.88. The molecule has 0 bridgehead atoms. The van der Waals surface area contributed by atoms with Gasteiger partial charge in [0.2, 0.25) is 16.8 Å². The average Bonchev–Trinajstić information content (AvgIpc) is 3.11. The Morgan fingerprint density at radius 1 is 1.14 bits per heavy atom. The minimum absolute atomic E-state index is 0. The summed E-state index contributed by atoms with van der Waals surface area (Å²) in [6, 6.07) is 3.34. The van der Waals surface area contributed by atoms with E-state index in [1.807, 2.05) is 0 Å². The van der Waals surface area contributed by atoms with Gasteiger partial charge in [0.05, 0.1) is 4.90 Å². The molecule has 0 unspecified atom stereocenters. The van der Waals surface area contributed by atoms with E-state index < -0.39 is 10.0 Å². The molecular formula is C14H19ClN2O4S. The normalized spacial score (nSPS) is 26.8. The molecule has 1 aromatic rings. The molecule has 1 aromatic carbocycles. The minimum atomic E-state index is -3.46. The van der Waals surface area contributed by atoms with Crippen molar-refractivity contribution in [3.8, 4) is 11.5 Å². The van der Waals surface area contributed by atoms with Gasteiger partial charge in [0, 0.05) is 19.2 Å². The lowest BCUT2D eigenvalue weighted by atomic mass is 10.0. The number of nitrogens with zero attached hydrogens (tertiary/aromatic N) is 1. The second-order valence-electron chi connectivity index (χ2n) is 5.97. The molecule has 0 saturated carbocycles. The summed E-state index contributed by atoms with van der Waals surface area (Å²) >= 11 is 0. The molecule has 8 heteroatoms. The zero-order chi connectivity index (χ0) is 14.6. The minimum Gasteiger partial charge on any atom is -0.454 e. The molecule has 0 amide bonds. The van der Waals surface area contributed by atoms with Gasteiger partial charge in [-0.2, -0.15) is 4.31 Å². The Morgan fingerprint density at radius 2 is 1.73 bits per heavy atom. The van der Waals surface area contributed by atoms with Crippen LogP contribution >= 0.6 is 12.4 Å². The van der Waals surface area contributed by atoms with Crippen molar-refractivity contribution in [3.05, 3.63) is 17.7 Å². The smallest absolute Gasteiger partial charge is 0.243 e. The Kier molecular flexibility index (Phi) is 4.01. The van der Waals surface area contributed by atoms with E-state index in [2.05, 4.69) is 5.32 Å². The molecule has 2 fully saturated rings. The fraction of sp³-hybridized carbons (Fsp3) is 0.571. The fourth-order valence-corrected chi connectivity index (χ4v) is 5.23. The standard InChI is InChI=1S/C14H18N2O4S.ClH/c1-9-2-12-13(20-8-19-12)3-14(9)21(17,18)16-6-10-4-15-5-11(10)7-16;/h2-3,10-11,15H,4-8H2,1H3;1H/t10-,11+;. The van der Waals surface area contributed by atoms with Crippen LogP contribution in [0.25, 0.3) is 0 Å². The number of rotatable bonds is 2. The largest absolute Gasteiger partial charge is 0.454 e. The van der Waals surface area contributed by atoms with Crippen LogP contribution in [0.3, 0.4) is 0 Å². The van der Waals surface area contributed by atoms with Gasteiger partial charge >= 0.3 is 0 Å². The van der Waals surface area contributed by atoms with Crippen molar-refractivity contribution >= 4 is 22.4 Å². The highest BCUT2D eigenvalue weighted by atomic mass is 35.5. The lowest BCUT2D eigenvalue weighted by Crippen LogP contribution is -2.32. The van der Waals surface area contributed by atoms with Crippen LogP contribution in [0.5, 0.6) is 11.5 Å². The molecule has 3 aliphatic rings. The van der Waals surface area contributed by atoms with Crippen molar-refractivity contribution in [2.24, 2.45) is 11.8 Å². The molecule has 3 aliphatic heterocycles. The van der Waals surface area contributed by atoms with E-state index in [0.29, 0.717) is 46.9 Å². The van der Waals surface area contributed by atoms with Gasteiger partial charge < -0.3 is 14.8 Å². The van der Waals surface area contributed by atoms with Crippen molar-refractivity contribution in [2.75, 3.05) is 33.0 Å². The molecule has 1 N–H and O–H groups in total. The van der Waals surface area contributed by atoms with Crippen molar-refractivity contribution in [3.63, 3.8) is 0 Å². The first-order chi connectivity index (χ1) is 10.1. The Bertz CT molecular complexity index is 682. The van der Waals surface area contributed by atoms with Crippen molar-refractivity contribution < 1.29 is 17.9 Å². The average molecular weight is 347 g/mol. The van der Waals surface area contributed by atoms with Crippen LogP contribution in [0.4, 0.5) is 0 Å². The monoisotopic (exact) mass is 346 g/mol. The summed E-state index contributed by atoms with van der Waals surface area (Å²) in [4.78, 5) is 0.333. The number of aryl methyl sites for hydroxylation is 1.